The van der Waals surface area contributed by atoms with E-state index < -0.39 is 5.97 Å². The van der Waals surface area contributed by atoms with Gasteiger partial charge in [0.15, 0.2) is 0 Å². The fourth-order valence-electron chi connectivity index (χ4n) is 0.720. The number of rotatable bonds is 2. The number of aliphatic carboxylic acids is 1. The van der Waals surface area contributed by atoms with Gasteiger partial charge in [0, 0.05) is 5.56 Å². The maximum atomic E-state index is 10.6. The predicted molar refractivity (Wildman–Crippen MR) is 45.0 cm³/mol. The Balaban J connectivity index is 3.15. The van der Waals surface area contributed by atoms with E-state index in [9.17, 15) is 4.79 Å². The third-order valence-electron chi connectivity index (χ3n) is 1.21. The lowest BCUT2D eigenvalue weighted by Gasteiger charge is -1.96. The molecule has 0 aliphatic rings. The van der Waals surface area contributed by atoms with Crippen molar-refractivity contribution >= 4 is 34.7 Å². The lowest BCUT2D eigenvalue weighted by atomic mass is 10.2. The smallest absolute Gasteiger partial charge is 0.338 e. The van der Waals surface area contributed by atoms with Crippen molar-refractivity contribution in [3.63, 3.8) is 0 Å². The normalized spacial score (nSPS) is 9.50. The number of hydrogen-bond acceptors (Lipinski definition) is 2. The first-order valence-corrected chi connectivity index (χ1v) is 3.69. The van der Waals surface area contributed by atoms with Gasteiger partial charge in [0.05, 0.1) is 12.5 Å². The summed E-state index contributed by atoms with van der Waals surface area (Å²) in [5, 5.41) is 8.65. The zero-order valence-electron chi connectivity index (χ0n) is 5.75. The van der Waals surface area contributed by atoms with Gasteiger partial charge in [0.25, 0.3) is 0 Å². The lowest BCUT2D eigenvalue weighted by Crippen LogP contribution is -1.98. The maximum absolute atomic E-state index is 10.6. The summed E-state index contributed by atoms with van der Waals surface area (Å²) in [6.07, 6.45) is 2.60. The Labute approximate surface area is 78.2 Å². The summed E-state index contributed by atoms with van der Waals surface area (Å²) >= 11 is 10.7. The first-order valence-electron chi connectivity index (χ1n) is 2.94. The molecule has 0 spiro atoms. The van der Waals surface area contributed by atoms with E-state index in [4.69, 9.17) is 28.3 Å². The average Bonchev–Trinajstić information content (AvgIpc) is 2.37. The van der Waals surface area contributed by atoms with Crippen LogP contribution in [-0.4, -0.2) is 11.1 Å². The lowest BCUT2D eigenvalue weighted by molar-refractivity contribution is -0.130. The standard InChI is InChI=1S/C7H4Cl2O3/c8-6(9)5(7(10)11)4-1-2-12-3-4/h1-3H,(H,10,11). The molecule has 1 N–H and O–H groups in total. The van der Waals surface area contributed by atoms with Gasteiger partial charge in [-0.25, -0.2) is 4.79 Å². The van der Waals surface area contributed by atoms with E-state index in [-0.39, 0.29) is 10.1 Å². The number of furan rings is 1. The summed E-state index contributed by atoms with van der Waals surface area (Å²) < 4.78 is 4.39. The van der Waals surface area contributed by atoms with Crippen molar-refractivity contribution in [1.29, 1.82) is 0 Å². The summed E-state index contributed by atoms with van der Waals surface area (Å²) in [6.45, 7) is 0. The first kappa shape index (κ1) is 9.16. The first-order chi connectivity index (χ1) is 5.63. The highest BCUT2D eigenvalue weighted by atomic mass is 35.5. The summed E-state index contributed by atoms with van der Waals surface area (Å²) in [5.41, 5.74) is 0.189. The monoisotopic (exact) mass is 206 g/mol. The molecular formula is C7H4Cl2O3. The van der Waals surface area contributed by atoms with Crippen LogP contribution in [0.3, 0.4) is 0 Å². The van der Waals surface area contributed by atoms with Crippen LogP contribution >= 0.6 is 23.2 Å². The Morgan fingerprint density at radius 1 is 1.50 bits per heavy atom. The van der Waals surface area contributed by atoms with Crippen LogP contribution < -0.4 is 0 Å². The van der Waals surface area contributed by atoms with Gasteiger partial charge >= 0.3 is 5.97 Å². The van der Waals surface area contributed by atoms with Gasteiger partial charge in [0.1, 0.15) is 10.1 Å². The van der Waals surface area contributed by atoms with Crippen molar-refractivity contribution in [3.05, 3.63) is 28.6 Å². The second-order valence-corrected chi connectivity index (χ2v) is 2.90. The number of carboxylic acids is 1. The third kappa shape index (κ3) is 1.81. The van der Waals surface area contributed by atoms with Crippen molar-refractivity contribution in [2.75, 3.05) is 0 Å². The van der Waals surface area contributed by atoms with E-state index in [1.54, 1.807) is 0 Å². The van der Waals surface area contributed by atoms with Crippen molar-refractivity contribution in [2.45, 2.75) is 0 Å². The fourth-order valence-corrected chi connectivity index (χ4v) is 1.10. The van der Waals surface area contributed by atoms with Gasteiger partial charge in [-0.05, 0) is 6.07 Å². The Kier molecular flexibility index (Phi) is 2.78. The second-order valence-electron chi connectivity index (χ2n) is 1.95. The minimum atomic E-state index is -1.18. The van der Waals surface area contributed by atoms with Crippen molar-refractivity contribution in [3.8, 4) is 0 Å². The summed E-state index contributed by atoms with van der Waals surface area (Å²) in [6, 6.07) is 1.47. The van der Waals surface area contributed by atoms with Crippen LogP contribution in [-0.2, 0) is 4.79 Å². The van der Waals surface area contributed by atoms with Crippen LogP contribution in [0.2, 0.25) is 0 Å². The maximum Gasteiger partial charge on any atom is 0.338 e. The molecule has 1 heterocycles. The number of halogens is 2. The highest BCUT2D eigenvalue weighted by molar-refractivity contribution is 6.61. The van der Waals surface area contributed by atoms with Crippen LogP contribution in [0.15, 0.2) is 27.5 Å². The molecule has 0 saturated carbocycles. The highest BCUT2D eigenvalue weighted by Gasteiger charge is 2.15. The molecule has 64 valence electrons. The van der Waals surface area contributed by atoms with Crippen LogP contribution in [0.1, 0.15) is 5.56 Å². The summed E-state index contributed by atoms with van der Waals surface area (Å²) in [5.74, 6) is -1.18. The zero-order valence-corrected chi connectivity index (χ0v) is 7.26. The largest absolute Gasteiger partial charge is 0.478 e. The van der Waals surface area contributed by atoms with Gasteiger partial charge < -0.3 is 9.52 Å². The minimum absolute atomic E-state index is 0.160. The molecule has 3 nitrogen and oxygen atoms in total. The molecule has 0 bridgehead atoms. The van der Waals surface area contributed by atoms with Crippen molar-refractivity contribution < 1.29 is 14.3 Å². The summed E-state index contributed by atoms with van der Waals surface area (Å²) in [4.78, 5) is 10.6. The predicted octanol–water partition coefficient (Wildman–Crippen LogP) is 2.51. The highest BCUT2D eigenvalue weighted by Crippen LogP contribution is 2.24. The van der Waals surface area contributed by atoms with Gasteiger partial charge in [-0.2, -0.15) is 0 Å². The van der Waals surface area contributed by atoms with E-state index in [2.05, 4.69) is 4.42 Å². The molecule has 0 aliphatic carbocycles. The van der Waals surface area contributed by atoms with E-state index in [1.807, 2.05) is 0 Å². The number of carboxylic acid groups (broad SMARTS) is 1. The Bertz CT molecular complexity index is 309. The molecule has 1 aromatic heterocycles. The Hall–Kier alpha value is -0.930. The van der Waals surface area contributed by atoms with Crippen molar-refractivity contribution in [1.82, 2.24) is 0 Å². The molecule has 5 heteroatoms. The molecule has 0 radical (unpaired) electrons. The van der Waals surface area contributed by atoms with E-state index in [0.29, 0.717) is 5.56 Å². The number of carbonyl (C=O) groups is 1. The molecule has 1 aromatic rings. The van der Waals surface area contributed by atoms with Gasteiger partial charge in [-0.3, -0.25) is 0 Å². The molecule has 0 atom stereocenters. The topological polar surface area (TPSA) is 50.4 Å². The van der Waals surface area contributed by atoms with Crippen LogP contribution in [0.25, 0.3) is 5.57 Å². The Morgan fingerprint density at radius 3 is 2.50 bits per heavy atom. The SMILES string of the molecule is O=C(O)C(=C(Cl)Cl)c1ccoc1. The minimum Gasteiger partial charge on any atom is -0.478 e. The molecule has 0 aliphatic heterocycles. The molecule has 12 heavy (non-hydrogen) atoms. The second kappa shape index (κ2) is 3.65. The fraction of sp³-hybridized carbons (Fsp3) is 0. The molecule has 0 amide bonds. The van der Waals surface area contributed by atoms with Gasteiger partial charge in [-0.1, -0.05) is 23.2 Å². The molecule has 0 fully saturated rings. The Morgan fingerprint density at radius 2 is 2.17 bits per heavy atom. The molecule has 0 aromatic carbocycles. The molecular weight excluding hydrogens is 203 g/mol. The summed E-state index contributed by atoms with van der Waals surface area (Å²) in [7, 11) is 0. The quantitative estimate of drug-likeness (QED) is 0.757. The van der Waals surface area contributed by atoms with Gasteiger partial charge in [0.2, 0.25) is 0 Å². The zero-order chi connectivity index (χ0) is 9.14. The molecule has 1 rings (SSSR count). The number of hydrogen-bond donors (Lipinski definition) is 1. The van der Waals surface area contributed by atoms with Crippen LogP contribution in [0.5, 0.6) is 0 Å². The van der Waals surface area contributed by atoms with E-state index in [1.165, 1.54) is 18.6 Å². The van der Waals surface area contributed by atoms with Crippen LogP contribution in [0, 0.1) is 0 Å². The van der Waals surface area contributed by atoms with Gasteiger partial charge in [-0.15, -0.1) is 0 Å². The van der Waals surface area contributed by atoms with Crippen LogP contribution in [0.4, 0.5) is 0 Å². The van der Waals surface area contributed by atoms with E-state index in [0.717, 1.165) is 0 Å². The van der Waals surface area contributed by atoms with E-state index >= 15 is 0 Å². The molecule has 0 saturated heterocycles. The third-order valence-corrected chi connectivity index (χ3v) is 1.59. The molecule has 0 unspecified atom stereocenters. The van der Waals surface area contributed by atoms with Crippen molar-refractivity contribution in [2.24, 2.45) is 0 Å². The average molecular weight is 207 g/mol.